The molecule has 106 valence electrons. The second-order valence-electron chi connectivity index (χ2n) is 5.80. The first kappa shape index (κ1) is 15.7. The lowest BCUT2D eigenvalue weighted by Crippen LogP contribution is -2.40. The van der Waals surface area contributed by atoms with Crippen molar-refractivity contribution in [3.8, 4) is 0 Å². The van der Waals surface area contributed by atoms with Crippen LogP contribution in [0.25, 0.3) is 0 Å². The van der Waals surface area contributed by atoms with Crippen LogP contribution in [-0.2, 0) is 4.74 Å². The molecule has 0 spiro atoms. The molecule has 1 saturated heterocycles. The molecule has 0 aromatic carbocycles. The van der Waals surface area contributed by atoms with Gasteiger partial charge in [-0.3, -0.25) is 0 Å². The Balaban J connectivity index is 2.38. The van der Waals surface area contributed by atoms with Gasteiger partial charge >= 0.3 is 0 Å². The fourth-order valence-corrected chi connectivity index (χ4v) is 3.35. The van der Waals surface area contributed by atoms with Gasteiger partial charge in [-0.05, 0) is 46.1 Å². The van der Waals surface area contributed by atoms with Crippen LogP contribution in [0.4, 0.5) is 0 Å². The molecule has 18 heavy (non-hydrogen) atoms. The Kier molecular flexibility index (Phi) is 6.95. The molecule has 0 radical (unpaired) electrons. The lowest BCUT2D eigenvalue weighted by atomic mass is 9.81. The van der Waals surface area contributed by atoms with Crippen molar-refractivity contribution in [1.82, 2.24) is 5.32 Å². The van der Waals surface area contributed by atoms with E-state index >= 15 is 0 Å². The van der Waals surface area contributed by atoms with E-state index in [1.165, 1.54) is 25.7 Å². The molecule has 1 heterocycles. The standard InChI is InChI=1S/C16H31NO/c1-6-7-8-9-10-11-15(17-5)16-12(2)13(3)18-14(16)4/h6,12-17H,1,7-11H2,2-5H3. The van der Waals surface area contributed by atoms with Gasteiger partial charge < -0.3 is 10.1 Å². The Hall–Kier alpha value is -0.340. The summed E-state index contributed by atoms with van der Waals surface area (Å²) in [5.41, 5.74) is 0. The molecule has 1 rings (SSSR count). The number of allylic oxidation sites excluding steroid dienone is 1. The monoisotopic (exact) mass is 253 g/mol. The maximum atomic E-state index is 5.96. The van der Waals surface area contributed by atoms with Crippen molar-refractivity contribution in [3.05, 3.63) is 12.7 Å². The van der Waals surface area contributed by atoms with Crippen molar-refractivity contribution in [2.75, 3.05) is 7.05 Å². The lowest BCUT2D eigenvalue weighted by Gasteiger charge is -2.28. The van der Waals surface area contributed by atoms with Crippen LogP contribution in [-0.4, -0.2) is 25.3 Å². The molecule has 1 aliphatic heterocycles. The zero-order valence-electron chi connectivity index (χ0n) is 12.6. The number of rotatable bonds is 8. The molecular weight excluding hydrogens is 222 g/mol. The van der Waals surface area contributed by atoms with Crippen molar-refractivity contribution < 1.29 is 4.74 Å². The van der Waals surface area contributed by atoms with E-state index in [0.29, 0.717) is 30.1 Å². The van der Waals surface area contributed by atoms with E-state index < -0.39 is 0 Å². The van der Waals surface area contributed by atoms with Crippen molar-refractivity contribution in [1.29, 1.82) is 0 Å². The van der Waals surface area contributed by atoms with Crippen LogP contribution >= 0.6 is 0 Å². The third-order valence-corrected chi connectivity index (χ3v) is 4.58. The number of unbranched alkanes of at least 4 members (excludes halogenated alkanes) is 3. The van der Waals surface area contributed by atoms with Crippen molar-refractivity contribution in [2.45, 2.75) is 71.1 Å². The molecule has 0 bridgehead atoms. The van der Waals surface area contributed by atoms with Crippen LogP contribution in [0.1, 0.15) is 52.9 Å². The van der Waals surface area contributed by atoms with E-state index in [2.05, 4.69) is 39.7 Å². The molecule has 5 unspecified atom stereocenters. The molecule has 0 aromatic heterocycles. The van der Waals surface area contributed by atoms with Gasteiger partial charge in [0.15, 0.2) is 0 Å². The topological polar surface area (TPSA) is 21.3 Å². The van der Waals surface area contributed by atoms with E-state index in [1.54, 1.807) is 0 Å². The highest BCUT2D eigenvalue weighted by Crippen LogP contribution is 2.35. The summed E-state index contributed by atoms with van der Waals surface area (Å²) in [7, 11) is 2.09. The van der Waals surface area contributed by atoms with Crippen molar-refractivity contribution >= 4 is 0 Å². The van der Waals surface area contributed by atoms with Gasteiger partial charge in [0.1, 0.15) is 0 Å². The smallest absolute Gasteiger partial charge is 0.0597 e. The summed E-state index contributed by atoms with van der Waals surface area (Å²) >= 11 is 0. The molecule has 2 heteroatoms. The average molecular weight is 253 g/mol. The molecule has 0 saturated carbocycles. The summed E-state index contributed by atoms with van der Waals surface area (Å²) in [6.07, 6.45) is 9.14. The highest BCUT2D eigenvalue weighted by atomic mass is 16.5. The van der Waals surface area contributed by atoms with Gasteiger partial charge in [0.05, 0.1) is 12.2 Å². The Bertz CT molecular complexity index is 241. The van der Waals surface area contributed by atoms with Crippen LogP contribution in [0.2, 0.25) is 0 Å². The van der Waals surface area contributed by atoms with Gasteiger partial charge in [0.2, 0.25) is 0 Å². The zero-order valence-corrected chi connectivity index (χ0v) is 12.6. The molecule has 0 aromatic rings. The minimum Gasteiger partial charge on any atom is -0.375 e. The maximum Gasteiger partial charge on any atom is 0.0597 e. The van der Waals surface area contributed by atoms with Gasteiger partial charge in [-0.1, -0.05) is 25.8 Å². The summed E-state index contributed by atoms with van der Waals surface area (Å²) in [6.45, 7) is 10.5. The highest BCUT2D eigenvalue weighted by Gasteiger charge is 2.40. The molecule has 1 aliphatic rings. The summed E-state index contributed by atoms with van der Waals surface area (Å²) < 4.78 is 5.96. The van der Waals surface area contributed by atoms with Crippen LogP contribution in [0.5, 0.6) is 0 Å². The Morgan fingerprint density at radius 1 is 1.17 bits per heavy atom. The third-order valence-electron chi connectivity index (χ3n) is 4.58. The van der Waals surface area contributed by atoms with Gasteiger partial charge in [0.25, 0.3) is 0 Å². The van der Waals surface area contributed by atoms with E-state index in [-0.39, 0.29) is 0 Å². The first-order valence-electron chi connectivity index (χ1n) is 7.55. The van der Waals surface area contributed by atoms with Crippen molar-refractivity contribution in [3.63, 3.8) is 0 Å². The Morgan fingerprint density at radius 3 is 2.39 bits per heavy atom. The lowest BCUT2D eigenvalue weighted by molar-refractivity contribution is 0.0474. The maximum absolute atomic E-state index is 5.96. The fourth-order valence-electron chi connectivity index (χ4n) is 3.35. The van der Waals surface area contributed by atoms with Crippen LogP contribution in [0.15, 0.2) is 12.7 Å². The average Bonchev–Trinajstić information content (AvgIpc) is 2.59. The largest absolute Gasteiger partial charge is 0.375 e. The third kappa shape index (κ3) is 4.10. The SMILES string of the molecule is C=CCCCCCC(NC)C1C(C)OC(C)C1C. The molecule has 0 aliphatic carbocycles. The summed E-state index contributed by atoms with van der Waals surface area (Å²) in [6, 6.07) is 0.601. The summed E-state index contributed by atoms with van der Waals surface area (Å²) in [4.78, 5) is 0. The Labute approximate surface area is 113 Å². The Morgan fingerprint density at radius 2 is 1.89 bits per heavy atom. The van der Waals surface area contributed by atoms with Crippen LogP contribution < -0.4 is 5.32 Å². The second kappa shape index (κ2) is 7.96. The van der Waals surface area contributed by atoms with Crippen molar-refractivity contribution in [2.24, 2.45) is 11.8 Å². The zero-order chi connectivity index (χ0) is 13.5. The molecule has 0 amide bonds. The first-order valence-corrected chi connectivity index (χ1v) is 7.55. The van der Waals surface area contributed by atoms with E-state index in [0.717, 1.165) is 6.42 Å². The quantitative estimate of drug-likeness (QED) is 0.525. The number of ether oxygens (including phenoxy) is 1. The van der Waals surface area contributed by atoms with E-state index in [4.69, 9.17) is 4.74 Å². The van der Waals surface area contributed by atoms with E-state index in [9.17, 15) is 0 Å². The van der Waals surface area contributed by atoms with Gasteiger partial charge in [-0.25, -0.2) is 0 Å². The normalized spacial score (nSPS) is 33.6. The van der Waals surface area contributed by atoms with Crippen LogP contribution in [0, 0.1) is 11.8 Å². The van der Waals surface area contributed by atoms with Gasteiger partial charge in [0, 0.05) is 12.0 Å². The van der Waals surface area contributed by atoms with Gasteiger partial charge in [-0.15, -0.1) is 6.58 Å². The minimum atomic E-state index is 0.389. The highest BCUT2D eigenvalue weighted by molar-refractivity contribution is 4.91. The second-order valence-corrected chi connectivity index (χ2v) is 5.80. The number of hydrogen-bond acceptors (Lipinski definition) is 2. The first-order chi connectivity index (χ1) is 8.61. The number of hydrogen-bond donors (Lipinski definition) is 1. The van der Waals surface area contributed by atoms with Gasteiger partial charge in [-0.2, -0.15) is 0 Å². The molecule has 2 nitrogen and oxygen atoms in total. The summed E-state index contributed by atoms with van der Waals surface area (Å²) in [5, 5.41) is 3.52. The van der Waals surface area contributed by atoms with E-state index in [1.807, 2.05) is 6.08 Å². The molecule has 1 N–H and O–H groups in total. The minimum absolute atomic E-state index is 0.389. The fraction of sp³-hybridized carbons (Fsp3) is 0.875. The predicted octanol–water partition coefficient (Wildman–Crippen LogP) is 3.77. The molecule has 5 atom stereocenters. The predicted molar refractivity (Wildman–Crippen MR) is 78.8 cm³/mol. The summed E-state index contributed by atoms with van der Waals surface area (Å²) in [5.74, 6) is 1.31. The molecular formula is C16H31NO. The van der Waals surface area contributed by atoms with Crippen LogP contribution in [0.3, 0.4) is 0 Å². The number of nitrogens with one attached hydrogen (secondary N) is 1. The molecule has 1 fully saturated rings.